The average Bonchev–Trinajstić information content (AvgIpc) is 2.61. The molecule has 0 aliphatic carbocycles. The number of amides is 2. The van der Waals surface area contributed by atoms with Gasteiger partial charge in [-0.05, 0) is 29.7 Å². The minimum Gasteiger partial charge on any atom is -0.351 e. The number of hydrogen-bond acceptors (Lipinski definition) is 3. The van der Waals surface area contributed by atoms with Gasteiger partial charge in [0, 0.05) is 12.1 Å². The van der Waals surface area contributed by atoms with E-state index in [1.165, 1.54) is 0 Å². The molecule has 0 bridgehead atoms. The minimum atomic E-state index is -0.560. The summed E-state index contributed by atoms with van der Waals surface area (Å²) in [6.07, 6.45) is 0.728. The number of benzene rings is 2. The second-order valence-corrected chi connectivity index (χ2v) is 5.23. The predicted molar refractivity (Wildman–Crippen MR) is 87.0 cm³/mol. The standard InChI is InChI=1S/C18H20N2O3/c1-2-16(14-6-4-3-5-7-14)18(22)19-12-13-8-10-15(11-9-13)17(21)20-23/h3-11,16,23H,2,12H2,1H3,(H,19,22)(H,20,21). The number of carbonyl (C=O) groups excluding carboxylic acids is 2. The SMILES string of the molecule is CCC(C(=O)NCc1ccc(C(=O)NO)cc1)c1ccccc1. The fourth-order valence-corrected chi connectivity index (χ4v) is 2.41. The van der Waals surface area contributed by atoms with E-state index in [0.29, 0.717) is 12.1 Å². The number of carbonyl (C=O) groups is 2. The molecular formula is C18H20N2O3. The topological polar surface area (TPSA) is 78.4 Å². The Hall–Kier alpha value is -2.66. The number of nitrogens with one attached hydrogen (secondary N) is 2. The van der Waals surface area contributed by atoms with E-state index in [1.54, 1.807) is 29.7 Å². The van der Waals surface area contributed by atoms with E-state index in [4.69, 9.17) is 5.21 Å². The molecule has 5 nitrogen and oxygen atoms in total. The Morgan fingerprint density at radius 3 is 2.26 bits per heavy atom. The lowest BCUT2D eigenvalue weighted by molar-refractivity contribution is -0.122. The van der Waals surface area contributed by atoms with Crippen molar-refractivity contribution in [3.63, 3.8) is 0 Å². The quantitative estimate of drug-likeness (QED) is 0.567. The fourth-order valence-electron chi connectivity index (χ4n) is 2.41. The lowest BCUT2D eigenvalue weighted by Gasteiger charge is -2.15. The van der Waals surface area contributed by atoms with Gasteiger partial charge in [-0.25, -0.2) is 5.48 Å². The van der Waals surface area contributed by atoms with E-state index < -0.39 is 5.91 Å². The van der Waals surface area contributed by atoms with Crippen molar-refractivity contribution in [2.45, 2.75) is 25.8 Å². The van der Waals surface area contributed by atoms with Crippen LogP contribution in [-0.2, 0) is 11.3 Å². The van der Waals surface area contributed by atoms with Gasteiger partial charge >= 0.3 is 0 Å². The van der Waals surface area contributed by atoms with Gasteiger partial charge in [0.1, 0.15) is 0 Å². The third kappa shape index (κ3) is 4.40. The molecule has 2 amide bonds. The van der Waals surface area contributed by atoms with Crippen molar-refractivity contribution in [3.05, 3.63) is 71.3 Å². The summed E-state index contributed by atoms with van der Waals surface area (Å²) in [4.78, 5) is 23.6. The molecule has 0 heterocycles. The summed E-state index contributed by atoms with van der Waals surface area (Å²) >= 11 is 0. The third-order valence-electron chi connectivity index (χ3n) is 3.71. The molecule has 120 valence electrons. The van der Waals surface area contributed by atoms with Crippen molar-refractivity contribution in [2.24, 2.45) is 0 Å². The highest BCUT2D eigenvalue weighted by Gasteiger charge is 2.17. The summed E-state index contributed by atoms with van der Waals surface area (Å²) in [5.74, 6) is -0.748. The van der Waals surface area contributed by atoms with Crippen LogP contribution >= 0.6 is 0 Å². The molecule has 0 aliphatic rings. The largest absolute Gasteiger partial charge is 0.351 e. The monoisotopic (exact) mass is 312 g/mol. The Bertz CT molecular complexity index is 654. The number of hydroxylamine groups is 1. The van der Waals surface area contributed by atoms with Crippen LogP contribution in [0.5, 0.6) is 0 Å². The zero-order chi connectivity index (χ0) is 16.7. The van der Waals surface area contributed by atoms with E-state index in [2.05, 4.69) is 5.32 Å². The van der Waals surface area contributed by atoms with Gasteiger partial charge in [-0.2, -0.15) is 0 Å². The first-order valence-electron chi connectivity index (χ1n) is 7.51. The summed E-state index contributed by atoms with van der Waals surface area (Å²) in [5.41, 5.74) is 3.83. The van der Waals surface area contributed by atoms with Crippen molar-refractivity contribution in [3.8, 4) is 0 Å². The molecule has 2 aromatic rings. The zero-order valence-electron chi connectivity index (χ0n) is 13.0. The van der Waals surface area contributed by atoms with Gasteiger partial charge in [0.15, 0.2) is 0 Å². The third-order valence-corrected chi connectivity index (χ3v) is 3.71. The number of rotatable bonds is 6. The summed E-state index contributed by atoms with van der Waals surface area (Å²) in [6.45, 7) is 2.38. The van der Waals surface area contributed by atoms with E-state index in [0.717, 1.165) is 17.5 Å². The van der Waals surface area contributed by atoms with Gasteiger partial charge in [-0.1, -0.05) is 49.4 Å². The summed E-state index contributed by atoms with van der Waals surface area (Å²) in [6, 6.07) is 16.4. The van der Waals surface area contributed by atoms with Gasteiger partial charge in [0.25, 0.3) is 5.91 Å². The van der Waals surface area contributed by atoms with Crippen molar-refractivity contribution in [2.75, 3.05) is 0 Å². The average molecular weight is 312 g/mol. The van der Waals surface area contributed by atoms with Crippen LogP contribution < -0.4 is 10.8 Å². The van der Waals surface area contributed by atoms with Crippen molar-refractivity contribution >= 4 is 11.8 Å². The van der Waals surface area contributed by atoms with Crippen molar-refractivity contribution in [1.29, 1.82) is 0 Å². The molecule has 0 spiro atoms. The van der Waals surface area contributed by atoms with Crippen molar-refractivity contribution < 1.29 is 14.8 Å². The van der Waals surface area contributed by atoms with Crippen LogP contribution in [0.3, 0.4) is 0 Å². The lowest BCUT2D eigenvalue weighted by atomic mass is 9.95. The molecular weight excluding hydrogens is 292 g/mol. The second kappa shape index (κ2) is 8.10. The Kier molecular flexibility index (Phi) is 5.88. The van der Waals surface area contributed by atoms with Crippen LogP contribution in [0.4, 0.5) is 0 Å². The van der Waals surface area contributed by atoms with Crippen LogP contribution in [0.1, 0.15) is 40.7 Å². The van der Waals surface area contributed by atoms with Crippen LogP contribution in [-0.4, -0.2) is 17.0 Å². The molecule has 0 radical (unpaired) electrons. The van der Waals surface area contributed by atoms with E-state index >= 15 is 0 Å². The Morgan fingerprint density at radius 2 is 1.70 bits per heavy atom. The highest BCUT2D eigenvalue weighted by molar-refractivity contribution is 5.93. The molecule has 1 unspecified atom stereocenters. The Balaban J connectivity index is 1.97. The predicted octanol–water partition coefficient (Wildman–Crippen LogP) is 2.62. The molecule has 0 fully saturated rings. The fraction of sp³-hybridized carbons (Fsp3) is 0.222. The maximum atomic E-state index is 12.4. The van der Waals surface area contributed by atoms with Gasteiger partial charge in [0.2, 0.25) is 5.91 Å². The maximum Gasteiger partial charge on any atom is 0.274 e. The molecule has 23 heavy (non-hydrogen) atoms. The highest BCUT2D eigenvalue weighted by Crippen LogP contribution is 2.19. The van der Waals surface area contributed by atoms with Crippen molar-refractivity contribution in [1.82, 2.24) is 10.8 Å². The summed E-state index contributed by atoms with van der Waals surface area (Å²) in [5, 5.41) is 11.5. The van der Waals surface area contributed by atoms with Crippen LogP contribution in [0.25, 0.3) is 0 Å². The molecule has 0 aromatic heterocycles. The molecule has 0 aliphatic heterocycles. The number of hydrogen-bond donors (Lipinski definition) is 3. The highest BCUT2D eigenvalue weighted by atomic mass is 16.5. The van der Waals surface area contributed by atoms with Gasteiger partial charge in [-0.15, -0.1) is 0 Å². The Labute approximate surface area is 135 Å². The normalized spacial score (nSPS) is 11.6. The Morgan fingerprint density at radius 1 is 1.04 bits per heavy atom. The first kappa shape index (κ1) is 16.7. The first-order chi connectivity index (χ1) is 11.2. The molecule has 2 aromatic carbocycles. The first-order valence-corrected chi connectivity index (χ1v) is 7.51. The second-order valence-electron chi connectivity index (χ2n) is 5.23. The smallest absolute Gasteiger partial charge is 0.274 e. The van der Waals surface area contributed by atoms with Gasteiger partial charge in [-0.3, -0.25) is 14.8 Å². The molecule has 2 rings (SSSR count). The zero-order valence-corrected chi connectivity index (χ0v) is 13.0. The molecule has 5 heteroatoms. The van der Waals surface area contributed by atoms with Crippen LogP contribution in [0.2, 0.25) is 0 Å². The van der Waals surface area contributed by atoms with E-state index in [1.807, 2.05) is 37.3 Å². The van der Waals surface area contributed by atoms with Gasteiger partial charge in [0.05, 0.1) is 5.92 Å². The van der Waals surface area contributed by atoms with E-state index in [-0.39, 0.29) is 11.8 Å². The lowest BCUT2D eigenvalue weighted by Crippen LogP contribution is -2.28. The molecule has 0 saturated carbocycles. The molecule has 1 atom stereocenters. The van der Waals surface area contributed by atoms with Crippen LogP contribution in [0.15, 0.2) is 54.6 Å². The molecule has 0 saturated heterocycles. The minimum absolute atomic E-state index is 0.0177. The van der Waals surface area contributed by atoms with E-state index in [9.17, 15) is 9.59 Å². The molecule has 3 N–H and O–H groups in total. The summed E-state index contributed by atoms with van der Waals surface area (Å²) < 4.78 is 0. The van der Waals surface area contributed by atoms with Crippen LogP contribution in [0, 0.1) is 0 Å². The van der Waals surface area contributed by atoms with Gasteiger partial charge < -0.3 is 5.32 Å². The maximum absolute atomic E-state index is 12.4. The summed E-state index contributed by atoms with van der Waals surface area (Å²) in [7, 11) is 0.